The van der Waals surface area contributed by atoms with Gasteiger partial charge in [-0.1, -0.05) is 0 Å². The van der Waals surface area contributed by atoms with E-state index in [1.165, 1.54) is 17.7 Å². The van der Waals surface area contributed by atoms with Crippen molar-refractivity contribution >= 4 is 6.09 Å². The maximum atomic E-state index is 10.8. The fourth-order valence-corrected chi connectivity index (χ4v) is 2.22. The second-order valence-corrected chi connectivity index (χ2v) is 5.13. The maximum Gasteiger partial charge on any atom is 0.407 e. The molecule has 1 saturated carbocycles. The summed E-state index contributed by atoms with van der Waals surface area (Å²) in [4.78, 5) is 14.6. The van der Waals surface area contributed by atoms with E-state index in [0.29, 0.717) is 19.1 Å². The SMILES string of the molecule is C[C@H]1CN(C(=O)O)CCN1CCOCC1CC1. The van der Waals surface area contributed by atoms with Gasteiger partial charge in [0.25, 0.3) is 0 Å². The third-order valence-corrected chi connectivity index (χ3v) is 3.61. The van der Waals surface area contributed by atoms with Gasteiger partial charge >= 0.3 is 6.09 Å². The molecule has 1 amide bonds. The molecular formula is C12H22N2O3. The fraction of sp³-hybridized carbons (Fsp3) is 0.917. The van der Waals surface area contributed by atoms with E-state index in [1.54, 1.807) is 0 Å². The standard InChI is InChI=1S/C12H22N2O3/c1-10-8-14(12(15)16)5-4-13(10)6-7-17-9-11-2-3-11/h10-11H,2-9H2,1H3,(H,15,16)/t10-/m0/s1. The molecule has 0 bridgehead atoms. The largest absolute Gasteiger partial charge is 0.465 e. The number of amides is 1. The molecule has 5 nitrogen and oxygen atoms in total. The first kappa shape index (κ1) is 12.6. The molecule has 0 aromatic heterocycles. The van der Waals surface area contributed by atoms with Crippen LogP contribution in [0.25, 0.3) is 0 Å². The molecule has 5 heteroatoms. The molecule has 0 radical (unpaired) electrons. The second kappa shape index (κ2) is 5.69. The van der Waals surface area contributed by atoms with Gasteiger partial charge in [-0.25, -0.2) is 4.79 Å². The summed E-state index contributed by atoms with van der Waals surface area (Å²) in [5.74, 6) is 0.816. The number of rotatable bonds is 5. The minimum atomic E-state index is -0.804. The summed E-state index contributed by atoms with van der Waals surface area (Å²) in [6.45, 7) is 6.72. The Kier molecular flexibility index (Phi) is 4.23. The molecule has 0 aromatic carbocycles. The Labute approximate surface area is 102 Å². The van der Waals surface area contributed by atoms with Crippen molar-refractivity contribution < 1.29 is 14.6 Å². The summed E-state index contributed by atoms with van der Waals surface area (Å²) in [5.41, 5.74) is 0. The van der Waals surface area contributed by atoms with Crippen LogP contribution in [0, 0.1) is 5.92 Å². The molecule has 1 heterocycles. The predicted molar refractivity (Wildman–Crippen MR) is 64.2 cm³/mol. The Balaban J connectivity index is 1.62. The summed E-state index contributed by atoms with van der Waals surface area (Å²) in [7, 11) is 0. The van der Waals surface area contributed by atoms with Gasteiger partial charge in [0.15, 0.2) is 0 Å². The van der Waals surface area contributed by atoms with Crippen molar-refractivity contribution in [2.75, 3.05) is 39.4 Å². The first-order valence-corrected chi connectivity index (χ1v) is 6.46. The second-order valence-electron chi connectivity index (χ2n) is 5.13. The van der Waals surface area contributed by atoms with Gasteiger partial charge in [0.1, 0.15) is 0 Å². The summed E-state index contributed by atoms with van der Waals surface area (Å²) in [6.07, 6.45) is 1.85. The lowest BCUT2D eigenvalue weighted by molar-refractivity contribution is 0.0441. The van der Waals surface area contributed by atoms with Crippen LogP contribution in [-0.4, -0.2) is 66.4 Å². The molecule has 17 heavy (non-hydrogen) atoms. The van der Waals surface area contributed by atoms with Crippen LogP contribution in [0.4, 0.5) is 4.79 Å². The molecule has 2 fully saturated rings. The van der Waals surface area contributed by atoms with Crippen molar-refractivity contribution in [3.63, 3.8) is 0 Å². The smallest absolute Gasteiger partial charge is 0.407 e. The van der Waals surface area contributed by atoms with Crippen molar-refractivity contribution in [2.45, 2.75) is 25.8 Å². The van der Waals surface area contributed by atoms with Crippen LogP contribution in [0.2, 0.25) is 0 Å². The quantitative estimate of drug-likeness (QED) is 0.733. The predicted octanol–water partition coefficient (Wildman–Crippen LogP) is 1.10. The number of hydrogen-bond acceptors (Lipinski definition) is 3. The molecule has 0 spiro atoms. The lowest BCUT2D eigenvalue weighted by atomic mass is 10.2. The molecule has 1 aliphatic heterocycles. The minimum absolute atomic E-state index is 0.296. The molecule has 1 atom stereocenters. The van der Waals surface area contributed by atoms with Gasteiger partial charge in [-0.3, -0.25) is 4.90 Å². The van der Waals surface area contributed by atoms with Crippen LogP contribution >= 0.6 is 0 Å². The van der Waals surface area contributed by atoms with Crippen molar-refractivity contribution in [3.05, 3.63) is 0 Å². The van der Waals surface area contributed by atoms with Crippen LogP contribution in [0.1, 0.15) is 19.8 Å². The summed E-state index contributed by atoms with van der Waals surface area (Å²) in [5, 5.41) is 8.91. The first-order valence-electron chi connectivity index (χ1n) is 6.46. The van der Waals surface area contributed by atoms with Crippen LogP contribution in [-0.2, 0) is 4.74 Å². The first-order chi connectivity index (χ1) is 8.16. The normalized spacial score (nSPS) is 26.2. The highest BCUT2D eigenvalue weighted by molar-refractivity contribution is 5.65. The van der Waals surface area contributed by atoms with Gasteiger partial charge in [-0.15, -0.1) is 0 Å². The van der Waals surface area contributed by atoms with Crippen LogP contribution in [0.5, 0.6) is 0 Å². The highest BCUT2D eigenvalue weighted by Gasteiger charge is 2.26. The van der Waals surface area contributed by atoms with Gasteiger partial charge in [-0.2, -0.15) is 0 Å². The molecule has 2 aliphatic rings. The number of hydrogen-bond donors (Lipinski definition) is 1. The van der Waals surface area contributed by atoms with Crippen molar-refractivity contribution in [2.24, 2.45) is 5.92 Å². The third kappa shape index (κ3) is 3.85. The topological polar surface area (TPSA) is 53.0 Å². The summed E-state index contributed by atoms with van der Waals surface area (Å²) < 4.78 is 5.61. The van der Waals surface area contributed by atoms with Gasteiger partial charge in [0.2, 0.25) is 0 Å². The average Bonchev–Trinajstić information content (AvgIpc) is 3.09. The number of carboxylic acid groups (broad SMARTS) is 1. The zero-order chi connectivity index (χ0) is 12.3. The maximum absolute atomic E-state index is 10.8. The van der Waals surface area contributed by atoms with Crippen molar-refractivity contribution in [1.82, 2.24) is 9.80 Å². The van der Waals surface area contributed by atoms with E-state index in [2.05, 4.69) is 11.8 Å². The zero-order valence-corrected chi connectivity index (χ0v) is 10.5. The third-order valence-electron chi connectivity index (χ3n) is 3.61. The Morgan fingerprint density at radius 3 is 2.76 bits per heavy atom. The van der Waals surface area contributed by atoms with E-state index in [9.17, 15) is 4.79 Å². The van der Waals surface area contributed by atoms with Crippen molar-refractivity contribution in [3.8, 4) is 0 Å². The molecule has 1 saturated heterocycles. The number of carbonyl (C=O) groups is 1. The molecular weight excluding hydrogens is 220 g/mol. The Hall–Kier alpha value is -0.810. The Morgan fingerprint density at radius 2 is 2.18 bits per heavy atom. The van der Waals surface area contributed by atoms with Crippen LogP contribution in [0.15, 0.2) is 0 Å². The molecule has 98 valence electrons. The lowest BCUT2D eigenvalue weighted by Gasteiger charge is -2.38. The molecule has 0 unspecified atom stereocenters. The van der Waals surface area contributed by atoms with Gasteiger partial charge in [0, 0.05) is 38.8 Å². The average molecular weight is 242 g/mol. The van der Waals surface area contributed by atoms with E-state index in [4.69, 9.17) is 9.84 Å². The van der Waals surface area contributed by atoms with E-state index in [-0.39, 0.29) is 0 Å². The molecule has 2 rings (SSSR count). The van der Waals surface area contributed by atoms with E-state index in [0.717, 1.165) is 32.2 Å². The van der Waals surface area contributed by atoms with Crippen LogP contribution < -0.4 is 0 Å². The highest BCUT2D eigenvalue weighted by atomic mass is 16.5. The van der Waals surface area contributed by atoms with Gasteiger partial charge in [-0.05, 0) is 25.7 Å². The summed E-state index contributed by atoms with van der Waals surface area (Å²) >= 11 is 0. The summed E-state index contributed by atoms with van der Waals surface area (Å²) in [6, 6.07) is 0.296. The van der Waals surface area contributed by atoms with Gasteiger partial charge < -0.3 is 14.7 Å². The Bertz CT molecular complexity index is 268. The Morgan fingerprint density at radius 1 is 1.41 bits per heavy atom. The van der Waals surface area contributed by atoms with E-state index >= 15 is 0 Å². The van der Waals surface area contributed by atoms with E-state index < -0.39 is 6.09 Å². The van der Waals surface area contributed by atoms with Gasteiger partial charge in [0.05, 0.1) is 6.61 Å². The number of ether oxygens (including phenoxy) is 1. The van der Waals surface area contributed by atoms with Crippen molar-refractivity contribution in [1.29, 1.82) is 0 Å². The molecule has 0 aromatic rings. The van der Waals surface area contributed by atoms with E-state index in [1.807, 2.05) is 0 Å². The molecule has 1 N–H and O–H groups in total. The molecule has 1 aliphatic carbocycles. The minimum Gasteiger partial charge on any atom is -0.465 e. The number of piperazine rings is 1. The fourth-order valence-electron chi connectivity index (χ4n) is 2.22. The number of nitrogens with zero attached hydrogens (tertiary/aromatic N) is 2. The highest BCUT2D eigenvalue weighted by Crippen LogP contribution is 2.28. The lowest BCUT2D eigenvalue weighted by Crippen LogP contribution is -2.53. The van der Waals surface area contributed by atoms with Crippen LogP contribution in [0.3, 0.4) is 0 Å². The zero-order valence-electron chi connectivity index (χ0n) is 10.5. The monoisotopic (exact) mass is 242 g/mol.